The van der Waals surface area contributed by atoms with E-state index in [1.54, 1.807) is 18.2 Å². The average molecular weight is 334 g/mol. The van der Waals surface area contributed by atoms with Crippen LogP contribution in [0.2, 0.25) is 10.0 Å². The second-order valence-electron chi connectivity index (χ2n) is 5.19. The third-order valence-corrected chi connectivity index (χ3v) is 6.22. The summed E-state index contributed by atoms with van der Waals surface area (Å²) >= 11 is 12.0. The maximum absolute atomic E-state index is 12.3. The van der Waals surface area contributed by atoms with Crippen LogP contribution in [-0.2, 0) is 14.8 Å². The van der Waals surface area contributed by atoms with Crippen LogP contribution in [-0.4, -0.2) is 30.9 Å². The molecular formula is C13H13Cl2NO3S. The molecule has 1 aromatic rings. The summed E-state index contributed by atoms with van der Waals surface area (Å²) in [6.45, 7) is 0.304. The Morgan fingerprint density at radius 2 is 2.05 bits per heavy atom. The molecule has 108 valence electrons. The molecule has 2 fully saturated rings. The summed E-state index contributed by atoms with van der Waals surface area (Å²) in [6.07, 6.45) is 1.17. The van der Waals surface area contributed by atoms with E-state index in [4.69, 9.17) is 23.2 Å². The number of hydrogen-bond acceptors (Lipinski definition) is 3. The first-order chi connectivity index (χ1) is 9.40. The summed E-state index contributed by atoms with van der Waals surface area (Å²) in [5, 5.41) is 1.08. The number of halogens is 2. The number of carbonyl (C=O) groups excluding carboxylic acids is 1. The first kappa shape index (κ1) is 14.2. The minimum Gasteiger partial charge on any atom is -0.273 e. The second kappa shape index (κ2) is 4.90. The smallest absolute Gasteiger partial charge is 0.239 e. The van der Waals surface area contributed by atoms with Crippen molar-refractivity contribution in [2.24, 2.45) is 5.92 Å². The molecule has 0 aromatic heterocycles. The molecule has 1 aliphatic heterocycles. The lowest BCUT2D eigenvalue weighted by Crippen LogP contribution is -2.34. The standard InChI is InChI=1S/C13H13Cl2NO3S/c14-8-2-3-9(12(15)6-8)10-7-11(10)13(17)16-4-1-5-20(16,18)19/h2-3,6,10-11H,1,4-5,7H2/t10-,11+/m1/s1. The van der Waals surface area contributed by atoms with E-state index in [0.29, 0.717) is 29.4 Å². The first-order valence-corrected chi connectivity index (χ1v) is 8.76. The van der Waals surface area contributed by atoms with Crippen LogP contribution in [0.25, 0.3) is 0 Å². The summed E-state index contributed by atoms with van der Waals surface area (Å²) in [5.74, 6) is -0.499. The molecule has 2 aliphatic rings. The van der Waals surface area contributed by atoms with Gasteiger partial charge in [0.2, 0.25) is 15.9 Å². The van der Waals surface area contributed by atoms with Gasteiger partial charge in [-0.3, -0.25) is 4.79 Å². The van der Waals surface area contributed by atoms with Crippen LogP contribution in [0.5, 0.6) is 0 Å². The molecule has 4 nitrogen and oxygen atoms in total. The molecule has 1 saturated heterocycles. The van der Waals surface area contributed by atoms with Crippen molar-refractivity contribution in [2.75, 3.05) is 12.3 Å². The zero-order valence-corrected chi connectivity index (χ0v) is 12.9. The molecule has 0 bridgehead atoms. The monoisotopic (exact) mass is 333 g/mol. The van der Waals surface area contributed by atoms with Crippen LogP contribution in [0, 0.1) is 5.92 Å². The van der Waals surface area contributed by atoms with Gasteiger partial charge in [-0.25, -0.2) is 12.7 Å². The first-order valence-electron chi connectivity index (χ1n) is 6.39. The lowest BCUT2D eigenvalue weighted by atomic mass is 10.1. The summed E-state index contributed by atoms with van der Waals surface area (Å²) in [4.78, 5) is 12.3. The van der Waals surface area contributed by atoms with E-state index in [9.17, 15) is 13.2 Å². The van der Waals surface area contributed by atoms with Crippen molar-refractivity contribution < 1.29 is 13.2 Å². The zero-order chi connectivity index (χ0) is 14.5. The van der Waals surface area contributed by atoms with Crippen LogP contribution in [0.4, 0.5) is 0 Å². The number of benzene rings is 1. The highest BCUT2D eigenvalue weighted by molar-refractivity contribution is 7.89. The number of carbonyl (C=O) groups is 1. The molecule has 2 atom stereocenters. The van der Waals surface area contributed by atoms with Crippen LogP contribution in [0.1, 0.15) is 24.3 Å². The molecule has 0 radical (unpaired) electrons. The van der Waals surface area contributed by atoms with Gasteiger partial charge in [-0.15, -0.1) is 0 Å². The predicted molar refractivity (Wildman–Crippen MR) is 77.4 cm³/mol. The lowest BCUT2D eigenvalue weighted by molar-refractivity contribution is -0.127. The third kappa shape index (κ3) is 2.43. The number of amides is 1. The third-order valence-electron chi connectivity index (χ3n) is 3.81. The fraction of sp³-hybridized carbons (Fsp3) is 0.462. The fourth-order valence-corrected chi connectivity index (χ4v) is 4.77. The summed E-state index contributed by atoms with van der Waals surface area (Å²) < 4.78 is 24.5. The average Bonchev–Trinajstić information content (AvgIpc) is 3.06. The predicted octanol–water partition coefficient (Wildman–Crippen LogP) is 2.66. The molecule has 3 rings (SSSR count). The highest BCUT2D eigenvalue weighted by Gasteiger charge is 2.49. The van der Waals surface area contributed by atoms with Gasteiger partial charge in [0, 0.05) is 22.5 Å². The minimum atomic E-state index is -3.38. The SMILES string of the molecule is O=C([C@H]1C[C@@H]1c1ccc(Cl)cc1Cl)N1CCCS1(=O)=O. The Balaban J connectivity index is 1.77. The molecule has 0 spiro atoms. The van der Waals surface area contributed by atoms with Crippen molar-refractivity contribution in [1.29, 1.82) is 0 Å². The van der Waals surface area contributed by atoms with Gasteiger partial charge in [-0.2, -0.15) is 0 Å². The number of rotatable bonds is 2. The quantitative estimate of drug-likeness (QED) is 0.836. The zero-order valence-electron chi connectivity index (χ0n) is 10.6. The molecule has 20 heavy (non-hydrogen) atoms. The Bertz CT molecular complexity index is 674. The molecular weight excluding hydrogens is 321 g/mol. The molecule has 7 heteroatoms. The highest BCUT2D eigenvalue weighted by Crippen LogP contribution is 2.51. The van der Waals surface area contributed by atoms with Crippen molar-refractivity contribution in [2.45, 2.75) is 18.8 Å². The van der Waals surface area contributed by atoms with Crippen molar-refractivity contribution in [3.8, 4) is 0 Å². The maximum atomic E-state index is 12.3. The Morgan fingerprint density at radius 1 is 1.30 bits per heavy atom. The van der Waals surface area contributed by atoms with Gasteiger partial charge in [0.1, 0.15) is 0 Å². The van der Waals surface area contributed by atoms with Gasteiger partial charge < -0.3 is 0 Å². The van der Waals surface area contributed by atoms with E-state index in [1.165, 1.54) is 0 Å². The van der Waals surface area contributed by atoms with Crippen molar-refractivity contribution >= 4 is 39.1 Å². The summed E-state index contributed by atoms with van der Waals surface area (Å²) in [7, 11) is -3.38. The Kier molecular flexibility index (Phi) is 3.47. The van der Waals surface area contributed by atoms with E-state index in [-0.39, 0.29) is 23.5 Å². The van der Waals surface area contributed by atoms with Gasteiger partial charge in [0.15, 0.2) is 0 Å². The largest absolute Gasteiger partial charge is 0.273 e. The van der Waals surface area contributed by atoms with Crippen molar-refractivity contribution in [1.82, 2.24) is 4.31 Å². The van der Waals surface area contributed by atoms with Gasteiger partial charge in [-0.05, 0) is 36.5 Å². The van der Waals surface area contributed by atoms with Crippen LogP contribution in [0.15, 0.2) is 18.2 Å². The van der Waals surface area contributed by atoms with Crippen LogP contribution >= 0.6 is 23.2 Å². The van der Waals surface area contributed by atoms with Crippen molar-refractivity contribution in [3.63, 3.8) is 0 Å². The van der Waals surface area contributed by atoms with Gasteiger partial charge >= 0.3 is 0 Å². The minimum absolute atomic E-state index is 0.00284. The Hall–Kier alpha value is -0.780. The van der Waals surface area contributed by atoms with Gasteiger partial charge in [-0.1, -0.05) is 29.3 Å². The second-order valence-corrected chi connectivity index (χ2v) is 8.05. The van der Waals surface area contributed by atoms with Crippen LogP contribution in [0.3, 0.4) is 0 Å². The molecule has 1 aromatic carbocycles. The molecule has 1 heterocycles. The fourth-order valence-electron chi connectivity index (χ4n) is 2.69. The number of hydrogen-bond donors (Lipinski definition) is 0. The van der Waals surface area contributed by atoms with E-state index in [0.717, 1.165) is 9.87 Å². The number of nitrogens with zero attached hydrogens (tertiary/aromatic N) is 1. The van der Waals surface area contributed by atoms with E-state index in [1.807, 2.05) is 0 Å². The lowest BCUT2D eigenvalue weighted by Gasteiger charge is -2.14. The number of sulfonamides is 1. The Morgan fingerprint density at radius 3 is 2.65 bits per heavy atom. The molecule has 1 saturated carbocycles. The van der Waals surface area contributed by atoms with Crippen molar-refractivity contribution in [3.05, 3.63) is 33.8 Å². The van der Waals surface area contributed by atoms with E-state index < -0.39 is 10.0 Å². The van der Waals surface area contributed by atoms with Crippen LogP contribution < -0.4 is 0 Å². The Labute approximate surface area is 127 Å². The molecule has 1 amide bonds. The van der Waals surface area contributed by atoms with E-state index in [2.05, 4.69) is 0 Å². The van der Waals surface area contributed by atoms with Gasteiger partial charge in [0.05, 0.1) is 5.75 Å². The molecule has 0 unspecified atom stereocenters. The maximum Gasteiger partial charge on any atom is 0.239 e. The molecule has 0 N–H and O–H groups in total. The van der Waals surface area contributed by atoms with Gasteiger partial charge in [0.25, 0.3) is 0 Å². The summed E-state index contributed by atoms with van der Waals surface area (Å²) in [6, 6.07) is 5.18. The molecule has 1 aliphatic carbocycles. The highest BCUT2D eigenvalue weighted by atomic mass is 35.5. The summed E-state index contributed by atoms with van der Waals surface area (Å²) in [5.41, 5.74) is 0.867. The topological polar surface area (TPSA) is 54.5 Å². The van der Waals surface area contributed by atoms with E-state index >= 15 is 0 Å². The normalized spacial score (nSPS) is 27.6.